The average Bonchev–Trinajstić information content (AvgIpc) is 2.45. The maximum atomic E-state index is 11.2. The standard InChI is InChI=1S/C15H21N3O2S/c1-21(19,20)17-10-13-5-4-8-18(11-13)12-15-7-3-2-6-14(15)9-16/h2-3,6-7,13,17H,4-5,8,10-12H2,1H3/t13-/m1/s1. The van der Waals surface area contributed by atoms with Crippen LogP contribution in [0.25, 0.3) is 0 Å². The van der Waals surface area contributed by atoms with Gasteiger partial charge in [0.15, 0.2) is 0 Å². The molecule has 21 heavy (non-hydrogen) atoms. The van der Waals surface area contributed by atoms with Crippen LogP contribution in [0, 0.1) is 17.2 Å². The van der Waals surface area contributed by atoms with Gasteiger partial charge in [0.05, 0.1) is 17.9 Å². The van der Waals surface area contributed by atoms with E-state index in [4.69, 9.17) is 5.26 Å². The predicted octanol–water partition coefficient (Wildman–Crippen LogP) is 1.32. The Hall–Kier alpha value is -1.42. The first-order valence-corrected chi connectivity index (χ1v) is 9.02. The Kier molecular flexibility index (Phi) is 5.34. The number of nitrogens with one attached hydrogen (secondary N) is 1. The van der Waals surface area contributed by atoms with E-state index in [1.54, 1.807) is 0 Å². The molecule has 6 heteroatoms. The molecule has 0 amide bonds. The van der Waals surface area contributed by atoms with Crippen LogP contribution in [0.5, 0.6) is 0 Å². The summed E-state index contributed by atoms with van der Waals surface area (Å²) in [5, 5.41) is 9.13. The molecule has 1 atom stereocenters. The first-order chi connectivity index (χ1) is 9.98. The van der Waals surface area contributed by atoms with Crippen LogP contribution in [0.1, 0.15) is 24.0 Å². The molecule has 0 bridgehead atoms. The number of sulfonamides is 1. The fourth-order valence-corrected chi connectivity index (χ4v) is 3.28. The molecule has 1 fully saturated rings. The molecule has 1 aliphatic heterocycles. The van der Waals surface area contributed by atoms with Gasteiger partial charge in [-0.15, -0.1) is 0 Å². The van der Waals surface area contributed by atoms with Crippen LogP contribution in [-0.2, 0) is 16.6 Å². The maximum absolute atomic E-state index is 11.2. The SMILES string of the molecule is CS(=O)(=O)NC[C@H]1CCCN(Cc2ccccc2C#N)C1. The van der Waals surface area contributed by atoms with Crippen LogP contribution in [0.2, 0.25) is 0 Å². The third-order valence-electron chi connectivity index (χ3n) is 3.77. The van der Waals surface area contributed by atoms with E-state index >= 15 is 0 Å². The zero-order valence-corrected chi connectivity index (χ0v) is 13.1. The number of benzene rings is 1. The second-order valence-corrected chi connectivity index (χ2v) is 7.47. The molecule has 0 saturated carbocycles. The molecule has 1 saturated heterocycles. The molecule has 0 aromatic heterocycles. The summed E-state index contributed by atoms with van der Waals surface area (Å²) in [5.41, 5.74) is 1.76. The molecular formula is C15H21N3O2S. The molecule has 114 valence electrons. The van der Waals surface area contributed by atoms with E-state index in [1.165, 1.54) is 6.26 Å². The smallest absolute Gasteiger partial charge is 0.208 e. The average molecular weight is 307 g/mol. The van der Waals surface area contributed by atoms with E-state index in [9.17, 15) is 8.42 Å². The second kappa shape index (κ2) is 7.03. The lowest BCUT2D eigenvalue weighted by Gasteiger charge is -2.32. The lowest BCUT2D eigenvalue weighted by atomic mass is 9.97. The van der Waals surface area contributed by atoms with Gasteiger partial charge in [-0.2, -0.15) is 5.26 Å². The summed E-state index contributed by atoms with van der Waals surface area (Å²) in [5.74, 6) is 0.336. The number of hydrogen-bond donors (Lipinski definition) is 1. The van der Waals surface area contributed by atoms with E-state index < -0.39 is 10.0 Å². The van der Waals surface area contributed by atoms with E-state index in [0.29, 0.717) is 18.0 Å². The quantitative estimate of drug-likeness (QED) is 0.890. The van der Waals surface area contributed by atoms with Crippen LogP contribution in [-0.4, -0.2) is 39.2 Å². The molecule has 1 heterocycles. The van der Waals surface area contributed by atoms with Crippen LogP contribution in [0.15, 0.2) is 24.3 Å². The summed E-state index contributed by atoms with van der Waals surface area (Å²) in [6, 6.07) is 9.86. The summed E-state index contributed by atoms with van der Waals surface area (Å²) >= 11 is 0. The fraction of sp³-hybridized carbons (Fsp3) is 0.533. The van der Waals surface area contributed by atoms with Crippen LogP contribution in [0.4, 0.5) is 0 Å². The highest BCUT2D eigenvalue weighted by molar-refractivity contribution is 7.88. The third kappa shape index (κ3) is 5.12. The minimum atomic E-state index is -3.12. The lowest BCUT2D eigenvalue weighted by molar-refractivity contribution is 0.169. The number of nitrogens with zero attached hydrogens (tertiary/aromatic N) is 2. The highest BCUT2D eigenvalue weighted by Crippen LogP contribution is 2.19. The molecule has 0 spiro atoms. The van der Waals surface area contributed by atoms with Crippen LogP contribution < -0.4 is 4.72 Å². The Labute approximate surface area is 126 Å². The van der Waals surface area contributed by atoms with E-state index in [2.05, 4.69) is 15.7 Å². The van der Waals surface area contributed by atoms with E-state index in [0.717, 1.165) is 38.0 Å². The molecule has 0 unspecified atom stereocenters. The summed E-state index contributed by atoms with van der Waals surface area (Å²) in [7, 11) is -3.12. The number of hydrogen-bond acceptors (Lipinski definition) is 4. The van der Waals surface area contributed by atoms with Crippen LogP contribution >= 0.6 is 0 Å². The van der Waals surface area contributed by atoms with Crippen molar-refractivity contribution >= 4 is 10.0 Å². The summed E-state index contributed by atoms with van der Waals surface area (Å²) in [6.07, 6.45) is 3.29. The van der Waals surface area contributed by atoms with Crippen molar-refractivity contribution < 1.29 is 8.42 Å². The minimum absolute atomic E-state index is 0.336. The van der Waals surface area contributed by atoms with Gasteiger partial charge in [-0.05, 0) is 36.9 Å². The van der Waals surface area contributed by atoms with Gasteiger partial charge >= 0.3 is 0 Å². The highest BCUT2D eigenvalue weighted by Gasteiger charge is 2.21. The summed E-state index contributed by atoms with van der Waals surface area (Å²) in [6.45, 7) is 3.10. The van der Waals surface area contributed by atoms with Gasteiger partial charge in [-0.1, -0.05) is 18.2 Å². The molecule has 1 aromatic rings. The largest absolute Gasteiger partial charge is 0.299 e. The van der Waals surface area contributed by atoms with Crippen molar-refractivity contribution in [3.8, 4) is 6.07 Å². The Bertz CT molecular complexity index is 622. The van der Waals surface area contributed by atoms with Crippen molar-refractivity contribution in [2.45, 2.75) is 19.4 Å². The Morgan fingerprint density at radius 1 is 1.43 bits per heavy atom. The first-order valence-electron chi connectivity index (χ1n) is 7.13. The summed E-state index contributed by atoms with van der Waals surface area (Å²) < 4.78 is 24.9. The van der Waals surface area contributed by atoms with Crippen LogP contribution in [0.3, 0.4) is 0 Å². The zero-order valence-electron chi connectivity index (χ0n) is 12.2. The minimum Gasteiger partial charge on any atom is -0.299 e. The molecule has 1 N–H and O–H groups in total. The zero-order chi connectivity index (χ0) is 15.3. The van der Waals surface area contributed by atoms with Gasteiger partial charge in [0.2, 0.25) is 10.0 Å². The van der Waals surface area contributed by atoms with Gasteiger partial charge in [0.1, 0.15) is 0 Å². The van der Waals surface area contributed by atoms with Crippen molar-refractivity contribution in [2.24, 2.45) is 5.92 Å². The number of likely N-dealkylation sites (tertiary alicyclic amines) is 1. The molecule has 1 aliphatic rings. The molecule has 2 rings (SSSR count). The molecular weight excluding hydrogens is 286 g/mol. The monoisotopic (exact) mass is 307 g/mol. The van der Waals surface area contributed by atoms with Gasteiger partial charge < -0.3 is 0 Å². The molecule has 0 aliphatic carbocycles. The normalized spacial score (nSPS) is 20.1. The second-order valence-electron chi connectivity index (χ2n) is 5.63. The summed E-state index contributed by atoms with van der Waals surface area (Å²) in [4.78, 5) is 2.30. The maximum Gasteiger partial charge on any atom is 0.208 e. The van der Waals surface area contributed by atoms with E-state index in [1.807, 2.05) is 24.3 Å². The van der Waals surface area contributed by atoms with Gasteiger partial charge in [0, 0.05) is 19.6 Å². The van der Waals surface area contributed by atoms with Gasteiger partial charge in [-0.3, -0.25) is 4.90 Å². The van der Waals surface area contributed by atoms with Gasteiger partial charge in [-0.25, -0.2) is 13.1 Å². The number of piperidine rings is 1. The fourth-order valence-electron chi connectivity index (χ4n) is 2.74. The van der Waals surface area contributed by atoms with Gasteiger partial charge in [0.25, 0.3) is 0 Å². The number of rotatable bonds is 5. The first kappa shape index (κ1) is 16.0. The van der Waals surface area contributed by atoms with Crippen molar-refractivity contribution in [2.75, 3.05) is 25.9 Å². The van der Waals surface area contributed by atoms with Crippen molar-refractivity contribution in [1.82, 2.24) is 9.62 Å². The lowest BCUT2D eigenvalue weighted by Crippen LogP contribution is -2.40. The van der Waals surface area contributed by atoms with Crippen molar-refractivity contribution in [3.63, 3.8) is 0 Å². The predicted molar refractivity (Wildman–Crippen MR) is 82.0 cm³/mol. The molecule has 5 nitrogen and oxygen atoms in total. The molecule has 0 radical (unpaired) electrons. The number of nitriles is 1. The Morgan fingerprint density at radius 2 is 2.19 bits per heavy atom. The van der Waals surface area contributed by atoms with Crippen molar-refractivity contribution in [3.05, 3.63) is 35.4 Å². The third-order valence-corrected chi connectivity index (χ3v) is 4.46. The van der Waals surface area contributed by atoms with E-state index in [-0.39, 0.29) is 0 Å². The molecule has 1 aromatic carbocycles. The Balaban J connectivity index is 1.94. The topological polar surface area (TPSA) is 73.2 Å². The van der Waals surface area contributed by atoms with Crippen molar-refractivity contribution in [1.29, 1.82) is 5.26 Å². The Morgan fingerprint density at radius 3 is 2.90 bits per heavy atom. The highest BCUT2D eigenvalue weighted by atomic mass is 32.2.